The molecule has 2 N–H and O–H groups in total. The van der Waals surface area contributed by atoms with Crippen LogP contribution in [0.15, 0.2) is 53.4 Å². The monoisotopic (exact) mass is 403 g/mol. The summed E-state index contributed by atoms with van der Waals surface area (Å²) in [6.45, 7) is 3.68. The zero-order valence-corrected chi connectivity index (χ0v) is 17.2. The standard InChI is InChI=1S/C21H26ClN3OS/c1-27-19-7-4-6-18(13-19)24-21(26)23-14-16-9-11-25(12-10-16)15-17-5-2-3-8-20(17)22/h2-8,13,16H,9-12,14-15H2,1H3,(H2,23,24,26). The van der Waals surface area contributed by atoms with Gasteiger partial charge in [-0.15, -0.1) is 11.8 Å². The number of benzene rings is 2. The maximum atomic E-state index is 12.1. The van der Waals surface area contributed by atoms with Crippen LogP contribution in [-0.2, 0) is 6.54 Å². The first-order chi connectivity index (χ1) is 13.1. The second-order valence-corrected chi connectivity index (χ2v) is 8.16. The lowest BCUT2D eigenvalue weighted by Gasteiger charge is -2.32. The van der Waals surface area contributed by atoms with E-state index >= 15 is 0 Å². The average Bonchev–Trinajstić information content (AvgIpc) is 2.69. The molecule has 1 aliphatic rings. The molecule has 1 heterocycles. The Kier molecular flexibility index (Phi) is 7.44. The molecular formula is C21H26ClN3OS. The Hall–Kier alpha value is -1.69. The van der Waals surface area contributed by atoms with Gasteiger partial charge in [-0.25, -0.2) is 4.79 Å². The van der Waals surface area contributed by atoms with Crippen molar-refractivity contribution in [3.8, 4) is 0 Å². The minimum Gasteiger partial charge on any atom is -0.338 e. The minimum atomic E-state index is -0.133. The van der Waals surface area contributed by atoms with Gasteiger partial charge in [-0.05, 0) is 67.9 Å². The Bertz CT molecular complexity index is 763. The second-order valence-electron chi connectivity index (χ2n) is 6.88. The fraction of sp³-hybridized carbons (Fsp3) is 0.381. The second kappa shape index (κ2) is 10.0. The van der Waals surface area contributed by atoms with Crippen LogP contribution in [0.2, 0.25) is 5.02 Å². The number of hydrogen-bond acceptors (Lipinski definition) is 3. The van der Waals surface area contributed by atoms with Crippen molar-refractivity contribution in [2.24, 2.45) is 5.92 Å². The van der Waals surface area contributed by atoms with Crippen molar-refractivity contribution in [3.63, 3.8) is 0 Å². The number of piperidine rings is 1. The molecule has 0 aliphatic carbocycles. The molecule has 0 radical (unpaired) electrons. The van der Waals surface area contributed by atoms with Crippen LogP contribution in [0.3, 0.4) is 0 Å². The molecule has 6 heteroatoms. The van der Waals surface area contributed by atoms with Crippen LogP contribution in [-0.4, -0.2) is 36.8 Å². The first-order valence-corrected chi connectivity index (χ1v) is 10.9. The Balaban J connectivity index is 1.39. The van der Waals surface area contributed by atoms with Crippen LogP contribution >= 0.6 is 23.4 Å². The van der Waals surface area contributed by atoms with Crippen LogP contribution in [0, 0.1) is 5.92 Å². The van der Waals surface area contributed by atoms with Crippen molar-refractivity contribution < 1.29 is 4.79 Å². The minimum absolute atomic E-state index is 0.133. The maximum absolute atomic E-state index is 12.1. The number of thioether (sulfide) groups is 1. The summed E-state index contributed by atoms with van der Waals surface area (Å²) in [5, 5.41) is 6.77. The number of rotatable bonds is 6. The molecule has 0 bridgehead atoms. The molecule has 1 fully saturated rings. The number of hydrogen-bond donors (Lipinski definition) is 2. The van der Waals surface area contributed by atoms with Gasteiger partial charge in [0.15, 0.2) is 0 Å². The molecule has 4 nitrogen and oxygen atoms in total. The van der Waals surface area contributed by atoms with Crippen molar-refractivity contribution in [1.29, 1.82) is 0 Å². The SMILES string of the molecule is CSc1cccc(NC(=O)NCC2CCN(Cc3ccccc3Cl)CC2)c1. The van der Waals surface area contributed by atoms with E-state index in [1.54, 1.807) is 11.8 Å². The number of urea groups is 1. The fourth-order valence-electron chi connectivity index (χ4n) is 3.33. The number of amides is 2. The smallest absolute Gasteiger partial charge is 0.319 e. The third kappa shape index (κ3) is 6.16. The summed E-state index contributed by atoms with van der Waals surface area (Å²) in [6, 6.07) is 15.8. The van der Waals surface area contributed by atoms with Crippen molar-refractivity contribution in [2.75, 3.05) is 31.2 Å². The topological polar surface area (TPSA) is 44.4 Å². The van der Waals surface area contributed by atoms with Crippen molar-refractivity contribution >= 4 is 35.1 Å². The highest BCUT2D eigenvalue weighted by atomic mass is 35.5. The van der Waals surface area contributed by atoms with Crippen LogP contribution < -0.4 is 10.6 Å². The first-order valence-electron chi connectivity index (χ1n) is 9.28. The molecule has 2 aromatic carbocycles. The van der Waals surface area contributed by atoms with Crippen LogP contribution in [0.25, 0.3) is 0 Å². The molecule has 144 valence electrons. The summed E-state index contributed by atoms with van der Waals surface area (Å²) in [4.78, 5) is 15.7. The van der Waals surface area contributed by atoms with E-state index in [-0.39, 0.29) is 6.03 Å². The number of likely N-dealkylation sites (tertiary alicyclic amines) is 1. The van der Waals surface area contributed by atoms with Gasteiger partial charge in [-0.1, -0.05) is 35.9 Å². The van der Waals surface area contributed by atoms with Crippen molar-refractivity contribution in [2.45, 2.75) is 24.3 Å². The van der Waals surface area contributed by atoms with E-state index in [2.05, 4.69) is 21.6 Å². The molecule has 0 saturated carbocycles. The maximum Gasteiger partial charge on any atom is 0.319 e. The predicted octanol–water partition coefficient (Wildman–Crippen LogP) is 5.10. The van der Waals surface area contributed by atoms with Gasteiger partial charge >= 0.3 is 6.03 Å². The van der Waals surface area contributed by atoms with Crippen molar-refractivity contribution in [1.82, 2.24) is 10.2 Å². The van der Waals surface area contributed by atoms with Gasteiger partial charge in [0.2, 0.25) is 0 Å². The quantitative estimate of drug-likeness (QED) is 0.660. The number of nitrogens with zero attached hydrogens (tertiary/aromatic N) is 1. The van der Waals surface area contributed by atoms with E-state index in [1.165, 1.54) is 5.56 Å². The summed E-state index contributed by atoms with van der Waals surface area (Å²) < 4.78 is 0. The number of nitrogens with one attached hydrogen (secondary N) is 2. The number of anilines is 1. The van der Waals surface area contributed by atoms with Gasteiger partial charge in [0, 0.05) is 28.7 Å². The van der Waals surface area contributed by atoms with E-state index in [1.807, 2.05) is 48.7 Å². The highest BCUT2D eigenvalue weighted by molar-refractivity contribution is 7.98. The molecule has 3 rings (SSSR count). The zero-order chi connectivity index (χ0) is 19.1. The number of carbonyl (C=O) groups is 1. The molecule has 2 amide bonds. The largest absolute Gasteiger partial charge is 0.338 e. The molecule has 0 atom stereocenters. The van der Waals surface area contributed by atoms with Gasteiger partial charge < -0.3 is 10.6 Å². The molecule has 0 spiro atoms. The number of carbonyl (C=O) groups excluding carboxylic acids is 1. The molecule has 0 unspecified atom stereocenters. The summed E-state index contributed by atoms with van der Waals surface area (Å²) in [5.74, 6) is 0.524. The molecule has 0 aromatic heterocycles. The fourth-order valence-corrected chi connectivity index (χ4v) is 3.98. The van der Waals surface area contributed by atoms with E-state index in [0.717, 1.165) is 48.1 Å². The van der Waals surface area contributed by atoms with Gasteiger partial charge in [0.1, 0.15) is 0 Å². The summed E-state index contributed by atoms with van der Waals surface area (Å²) >= 11 is 7.92. The Morgan fingerprint density at radius 1 is 1.19 bits per heavy atom. The van der Waals surface area contributed by atoms with Gasteiger partial charge in [-0.3, -0.25) is 4.90 Å². The lowest BCUT2D eigenvalue weighted by Crippen LogP contribution is -2.39. The van der Waals surface area contributed by atoms with Gasteiger partial charge in [0.05, 0.1) is 0 Å². The van der Waals surface area contributed by atoms with Gasteiger partial charge in [0.25, 0.3) is 0 Å². The molecule has 1 saturated heterocycles. The van der Waals surface area contributed by atoms with Crippen molar-refractivity contribution in [3.05, 3.63) is 59.1 Å². The molecule has 1 aliphatic heterocycles. The summed E-state index contributed by atoms with van der Waals surface area (Å²) in [7, 11) is 0. The van der Waals surface area contributed by atoms with E-state index in [9.17, 15) is 4.79 Å². The predicted molar refractivity (Wildman–Crippen MR) is 115 cm³/mol. The van der Waals surface area contributed by atoms with E-state index in [4.69, 9.17) is 11.6 Å². The molecule has 27 heavy (non-hydrogen) atoms. The van der Waals surface area contributed by atoms with E-state index in [0.29, 0.717) is 12.5 Å². The molecular weight excluding hydrogens is 378 g/mol. The Morgan fingerprint density at radius 2 is 1.96 bits per heavy atom. The summed E-state index contributed by atoms with van der Waals surface area (Å²) in [6.07, 6.45) is 4.21. The normalized spacial score (nSPS) is 15.5. The average molecular weight is 404 g/mol. The summed E-state index contributed by atoms with van der Waals surface area (Å²) in [5.41, 5.74) is 2.01. The Morgan fingerprint density at radius 3 is 2.70 bits per heavy atom. The van der Waals surface area contributed by atoms with Crippen LogP contribution in [0.1, 0.15) is 18.4 Å². The molecule has 2 aromatic rings. The van der Waals surface area contributed by atoms with Gasteiger partial charge in [-0.2, -0.15) is 0 Å². The lowest BCUT2D eigenvalue weighted by molar-refractivity contribution is 0.176. The number of halogens is 1. The van der Waals surface area contributed by atoms with Crippen LogP contribution in [0.5, 0.6) is 0 Å². The lowest BCUT2D eigenvalue weighted by atomic mass is 9.96. The van der Waals surface area contributed by atoms with E-state index < -0.39 is 0 Å². The highest BCUT2D eigenvalue weighted by Gasteiger charge is 2.20. The highest BCUT2D eigenvalue weighted by Crippen LogP contribution is 2.22. The third-order valence-corrected chi connectivity index (χ3v) is 6.03. The third-order valence-electron chi connectivity index (χ3n) is 4.94. The van der Waals surface area contributed by atoms with Crippen LogP contribution in [0.4, 0.5) is 10.5 Å². The Labute approximate surface area is 170 Å². The first kappa shape index (κ1) is 20.1. The zero-order valence-electron chi connectivity index (χ0n) is 15.6.